The largest absolute Gasteiger partial charge is 0.480 e. The normalized spacial score (nSPS) is 11.2. The number of rotatable bonds is 9. The van der Waals surface area contributed by atoms with Crippen LogP contribution in [0, 0.1) is 0 Å². The topological polar surface area (TPSA) is 153 Å². The number of nitrogens with two attached hydrogens (primary N) is 1. The van der Waals surface area contributed by atoms with Gasteiger partial charge in [0.05, 0.1) is 47.7 Å². The molecule has 230 valence electrons. The van der Waals surface area contributed by atoms with Crippen LogP contribution >= 0.6 is 0 Å². The Labute approximate surface area is 254 Å². The van der Waals surface area contributed by atoms with Crippen molar-refractivity contribution in [2.75, 3.05) is 31.5 Å². The number of carbonyl (C=O) groups is 2. The van der Waals surface area contributed by atoms with Crippen molar-refractivity contribution in [3.05, 3.63) is 89.7 Å². The van der Waals surface area contributed by atoms with Gasteiger partial charge in [-0.1, -0.05) is 18.2 Å². The summed E-state index contributed by atoms with van der Waals surface area (Å²) in [6, 6.07) is 14.1. The van der Waals surface area contributed by atoms with E-state index in [-0.39, 0.29) is 45.8 Å². The molecule has 0 aliphatic carbocycles. The molecule has 0 aliphatic heterocycles. The van der Waals surface area contributed by atoms with Gasteiger partial charge in [-0.25, -0.2) is 9.78 Å². The molecule has 2 aromatic heterocycles. The lowest BCUT2D eigenvalue weighted by molar-refractivity contribution is -0.137. The Morgan fingerprint density at radius 2 is 1.73 bits per heavy atom. The number of nitrogens with zero attached hydrogens (tertiary/aromatic N) is 4. The lowest BCUT2D eigenvalue weighted by atomic mass is 10.0. The summed E-state index contributed by atoms with van der Waals surface area (Å²) in [6.07, 6.45) is -1.75. The van der Waals surface area contributed by atoms with Gasteiger partial charge in [0.2, 0.25) is 5.88 Å². The maximum Gasteiger partial charge on any atom is 0.416 e. The third kappa shape index (κ3) is 6.25. The molecule has 5 rings (SSSR count). The molecule has 0 bridgehead atoms. The summed E-state index contributed by atoms with van der Waals surface area (Å²) in [5, 5.41) is 13.4. The second-order valence-corrected chi connectivity index (χ2v) is 9.73. The molecule has 0 saturated heterocycles. The molecule has 0 radical (unpaired) electrons. The first kappa shape index (κ1) is 30.5. The fraction of sp³-hybridized carbons (Fsp3) is 0.129. The van der Waals surface area contributed by atoms with Crippen molar-refractivity contribution >= 4 is 45.5 Å². The summed E-state index contributed by atoms with van der Waals surface area (Å²) in [5.41, 5.74) is 7.23. The fourth-order valence-electron chi connectivity index (χ4n) is 4.67. The van der Waals surface area contributed by atoms with Crippen LogP contribution in [0.4, 0.5) is 35.9 Å². The molecule has 3 aromatic carbocycles. The maximum atomic E-state index is 13.4. The Bertz CT molecular complexity index is 1950. The number of halogens is 3. The van der Waals surface area contributed by atoms with Crippen molar-refractivity contribution < 1.29 is 37.3 Å². The van der Waals surface area contributed by atoms with Gasteiger partial charge >= 0.3 is 18.2 Å². The smallest absolute Gasteiger partial charge is 0.416 e. The summed E-state index contributed by atoms with van der Waals surface area (Å²) >= 11 is 0. The van der Waals surface area contributed by atoms with E-state index in [1.807, 2.05) is 0 Å². The van der Waals surface area contributed by atoms with E-state index in [0.717, 1.165) is 12.1 Å². The Balaban J connectivity index is 1.60. The van der Waals surface area contributed by atoms with Crippen LogP contribution in [0.15, 0.2) is 73.1 Å². The molecule has 2 heterocycles. The Morgan fingerprint density at radius 3 is 2.40 bits per heavy atom. The number of hydrogen-bond acceptors (Lipinski definition) is 9. The number of amides is 1. The van der Waals surface area contributed by atoms with Gasteiger partial charge in [0.1, 0.15) is 0 Å². The van der Waals surface area contributed by atoms with Crippen molar-refractivity contribution in [1.82, 2.24) is 15.0 Å². The molecular formula is C31H25F3N6O5. The summed E-state index contributed by atoms with van der Waals surface area (Å²) in [4.78, 5) is 38.6. The van der Waals surface area contributed by atoms with Crippen molar-refractivity contribution in [2.24, 2.45) is 5.73 Å². The van der Waals surface area contributed by atoms with Crippen LogP contribution < -0.4 is 25.4 Å². The first-order chi connectivity index (χ1) is 21.4. The number of alkyl halides is 3. The summed E-state index contributed by atoms with van der Waals surface area (Å²) in [7, 11) is 4.39. The lowest BCUT2D eigenvalue weighted by Gasteiger charge is -2.23. The summed E-state index contributed by atoms with van der Waals surface area (Å²) < 4.78 is 50.5. The summed E-state index contributed by atoms with van der Waals surface area (Å²) in [5.74, 6) is -1.81. The van der Waals surface area contributed by atoms with E-state index in [1.54, 1.807) is 18.2 Å². The van der Waals surface area contributed by atoms with Crippen LogP contribution in [0.2, 0.25) is 0 Å². The number of fused-ring (bicyclic) bond motifs is 1. The minimum atomic E-state index is -4.56. The van der Waals surface area contributed by atoms with Gasteiger partial charge in [-0.05, 0) is 48.0 Å². The minimum absolute atomic E-state index is 0.0223. The molecule has 0 saturated carbocycles. The number of anilines is 4. The predicted molar refractivity (Wildman–Crippen MR) is 161 cm³/mol. The minimum Gasteiger partial charge on any atom is -0.480 e. The first-order valence-electron chi connectivity index (χ1n) is 13.1. The van der Waals surface area contributed by atoms with E-state index >= 15 is 0 Å². The lowest BCUT2D eigenvalue weighted by Crippen LogP contribution is -2.15. The van der Waals surface area contributed by atoms with Crippen molar-refractivity contribution in [3.63, 3.8) is 0 Å². The molecule has 0 unspecified atom stereocenters. The summed E-state index contributed by atoms with van der Waals surface area (Å²) in [6.45, 7) is 0. The van der Waals surface area contributed by atoms with Crippen molar-refractivity contribution in [1.29, 1.82) is 0 Å². The number of carbonyl (C=O) groups excluding carboxylic acids is 1. The van der Waals surface area contributed by atoms with Gasteiger partial charge in [0.25, 0.3) is 5.91 Å². The predicted octanol–water partition coefficient (Wildman–Crippen LogP) is 6.04. The molecule has 0 spiro atoms. The van der Waals surface area contributed by atoms with Crippen LogP contribution in [-0.2, 0) is 6.18 Å². The standard InChI is InChI=1S/C31H25F3N6O5/c1-40(20-6-4-5-18(12-20)31(32,33)34)21-10-17(29(42)43)9-19(13-21)38-26-22-8-7-16(11-25(22)36-15-24(26)27(35)41)23-14-37-30(45-3)39-28(23)44-2/h4-15H,1-3H3,(H2,35,41)(H,36,38)(H,42,43). The average Bonchev–Trinajstić information content (AvgIpc) is 3.03. The third-order valence-corrected chi connectivity index (χ3v) is 6.94. The number of ether oxygens (including phenoxy) is 2. The van der Waals surface area contributed by atoms with Gasteiger partial charge in [-0.15, -0.1) is 0 Å². The number of primary amides is 1. The van der Waals surface area contributed by atoms with Crippen LogP contribution in [0.3, 0.4) is 0 Å². The highest BCUT2D eigenvalue weighted by molar-refractivity contribution is 6.08. The third-order valence-electron chi connectivity index (χ3n) is 6.94. The number of carboxylic acids is 1. The zero-order valence-electron chi connectivity index (χ0n) is 24.0. The number of carboxylic acid groups (broad SMARTS) is 1. The molecule has 0 aliphatic rings. The molecule has 14 heteroatoms. The van der Waals surface area contributed by atoms with Crippen LogP contribution in [0.25, 0.3) is 22.0 Å². The van der Waals surface area contributed by atoms with Gasteiger partial charge in [-0.2, -0.15) is 18.2 Å². The van der Waals surface area contributed by atoms with Gasteiger partial charge < -0.3 is 30.5 Å². The van der Waals surface area contributed by atoms with Crippen LogP contribution in [0.5, 0.6) is 11.9 Å². The number of hydrogen-bond donors (Lipinski definition) is 3. The molecular weight excluding hydrogens is 593 g/mol. The average molecular weight is 619 g/mol. The zero-order valence-corrected chi connectivity index (χ0v) is 24.0. The van der Waals surface area contributed by atoms with Crippen molar-refractivity contribution in [2.45, 2.75) is 6.18 Å². The van der Waals surface area contributed by atoms with E-state index < -0.39 is 23.6 Å². The number of aromatic carboxylic acids is 1. The van der Waals surface area contributed by atoms with Gasteiger partial charge in [0, 0.05) is 41.9 Å². The van der Waals surface area contributed by atoms with E-state index in [4.69, 9.17) is 15.2 Å². The second kappa shape index (κ2) is 12.0. The molecule has 1 amide bonds. The van der Waals surface area contributed by atoms with E-state index in [9.17, 15) is 27.9 Å². The molecule has 45 heavy (non-hydrogen) atoms. The Morgan fingerprint density at radius 1 is 0.956 bits per heavy atom. The highest BCUT2D eigenvalue weighted by Gasteiger charge is 2.31. The monoisotopic (exact) mass is 618 g/mol. The van der Waals surface area contributed by atoms with Crippen LogP contribution in [0.1, 0.15) is 26.3 Å². The number of benzene rings is 3. The van der Waals surface area contributed by atoms with E-state index in [2.05, 4.69) is 20.3 Å². The molecule has 0 fully saturated rings. The molecule has 4 N–H and O–H groups in total. The second-order valence-electron chi connectivity index (χ2n) is 9.73. The number of nitrogens with one attached hydrogen (secondary N) is 1. The SMILES string of the molecule is COc1ncc(-c2ccc3c(Nc4cc(C(=O)O)cc(N(C)c5cccc(C(F)(F)F)c5)c4)c(C(N)=O)cnc3c2)c(OC)n1. The van der Waals surface area contributed by atoms with Gasteiger partial charge in [0.15, 0.2) is 0 Å². The highest BCUT2D eigenvalue weighted by atomic mass is 19.4. The quantitative estimate of drug-likeness (QED) is 0.178. The van der Waals surface area contributed by atoms with E-state index in [1.165, 1.54) is 68.9 Å². The Hall–Kier alpha value is -5.92. The Kier molecular flexibility index (Phi) is 8.14. The number of aromatic nitrogens is 3. The van der Waals surface area contributed by atoms with Gasteiger partial charge in [-0.3, -0.25) is 9.78 Å². The number of methoxy groups -OCH3 is 2. The zero-order chi connectivity index (χ0) is 32.5. The van der Waals surface area contributed by atoms with Crippen molar-refractivity contribution in [3.8, 4) is 23.0 Å². The number of pyridine rings is 1. The molecule has 0 atom stereocenters. The molecule has 5 aromatic rings. The highest BCUT2D eigenvalue weighted by Crippen LogP contribution is 2.37. The van der Waals surface area contributed by atoms with E-state index in [0.29, 0.717) is 22.0 Å². The maximum absolute atomic E-state index is 13.4. The first-order valence-corrected chi connectivity index (χ1v) is 13.1. The fourth-order valence-corrected chi connectivity index (χ4v) is 4.67. The molecule has 11 nitrogen and oxygen atoms in total. The van der Waals surface area contributed by atoms with Crippen LogP contribution in [-0.4, -0.2) is 53.2 Å².